The Hall–Kier alpha value is -3.41. The lowest BCUT2D eigenvalue weighted by Gasteiger charge is -2.33. The quantitative estimate of drug-likeness (QED) is 0.668. The summed E-state index contributed by atoms with van der Waals surface area (Å²) < 4.78 is 6.01. The van der Waals surface area contributed by atoms with Gasteiger partial charge < -0.3 is 15.0 Å². The lowest BCUT2D eigenvalue weighted by molar-refractivity contribution is -0.120. The van der Waals surface area contributed by atoms with Crippen molar-refractivity contribution in [2.24, 2.45) is 5.92 Å². The number of benzene rings is 2. The molecule has 0 saturated carbocycles. The number of piperidine rings is 1. The first-order chi connectivity index (χ1) is 14.6. The molecule has 0 spiro atoms. The van der Waals surface area contributed by atoms with E-state index in [1.54, 1.807) is 12.4 Å². The predicted octanol–water partition coefficient (Wildman–Crippen LogP) is 4.74. The van der Waals surface area contributed by atoms with Gasteiger partial charge in [-0.1, -0.05) is 29.8 Å². The van der Waals surface area contributed by atoms with E-state index in [1.807, 2.05) is 62.4 Å². The maximum Gasteiger partial charge on any atom is 0.263 e. The third kappa shape index (κ3) is 4.76. The van der Waals surface area contributed by atoms with Crippen LogP contribution in [-0.2, 0) is 4.79 Å². The number of hydrogen-bond donors (Lipinski definition) is 1. The molecule has 6 heteroatoms. The highest BCUT2D eigenvalue weighted by molar-refractivity contribution is 5.93. The first-order valence-corrected chi connectivity index (χ1v) is 10.3. The Bertz CT molecular complexity index is 1020. The van der Waals surface area contributed by atoms with Gasteiger partial charge in [0.1, 0.15) is 5.75 Å². The molecule has 30 heavy (non-hydrogen) atoms. The molecule has 1 aliphatic heterocycles. The van der Waals surface area contributed by atoms with E-state index in [4.69, 9.17) is 4.74 Å². The number of anilines is 2. The Labute approximate surface area is 176 Å². The summed E-state index contributed by atoms with van der Waals surface area (Å²) in [6.45, 7) is 5.45. The Morgan fingerprint density at radius 3 is 2.67 bits per heavy atom. The zero-order chi connectivity index (χ0) is 20.9. The normalized spacial score (nSPS) is 16.2. The van der Waals surface area contributed by atoms with Crippen LogP contribution in [0.1, 0.15) is 24.0 Å². The Kier molecular flexibility index (Phi) is 5.93. The van der Waals surface area contributed by atoms with Crippen LogP contribution in [0.5, 0.6) is 11.6 Å². The van der Waals surface area contributed by atoms with Gasteiger partial charge in [0.25, 0.3) is 5.88 Å². The zero-order valence-electron chi connectivity index (χ0n) is 17.3. The summed E-state index contributed by atoms with van der Waals surface area (Å²) in [5, 5.41) is 3.05. The van der Waals surface area contributed by atoms with Gasteiger partial charge in [-0.25, -0.2) is 9.97 Å². The number of carbonyl (C=O) groups excluding carboxylic acids is 1. The van der Waals surface area contributed by atoms with E-state index in [0.717, 1.165) is 30.6 Å². The van der Waals surface area contributed by atoms with Gasteiger partial charge in [0.05, 0.1) is 5.92 Å². The number of hydrogen-bond acceptors (Lipinski definition) is 5. The fourth-order valence-electron chi connectivity index (χ4n) is 3.68. The van der Waals surface area contributed by atoms with Gasteiger partial charge in [0.2, 0.25) is 5.91 Å². The van der Waals surface area contributed by atoms with Crippen LogP contribution in [0.15, 0.2) is 60.9 Å². The number of carbonyl (C=O) groups is 1. The summed E-state index contributed by atoms with van der Waals surface area (Å²) in [5.74, 6) is 1.77. The summed E-state index contributed by atoms with van der Waals surface area (Å²) in [5.41, 5.74) is 3.12. The molecule has 1 amide bonds. The van der Waals surface area contributed by atoms with Crippen molar-refractivity contribution in [3.05, 3.63) is 72.1 Å². The van der Waals surface area contributed by atoms with Gasteiger partial charge in [0, 0.05) is 31.2 Å². The third-order valence-corrected chi connectivity index (χ3v) is 5.26. The van der Waals surface area contributed by atoms with Gasteiger partial charge in [-0.15, -0.1) is 0 Å². The lowest BCUT2D eigenvalue weighted by atomic mass is 9.97. The predicted molar refractivity (Wildman–Crippen MR) is 118 cm³/mol. The summed E-state index contributed by atoms with van der Waals surface area (Å²) in [7, 11) is 0. The summed E-state index contributed by atoms with van der Waals surface area (Å²) in [4.78, 5) is 23.9. The average molecular weight is 402 g/mol. The van der Waals surface area contributed by atoms with Crippen molar-refractivity contribution in [2.75, 3.05) is 23.3 Å². The number of rotatable bonds is 5. The van der Waals surface area contributed by atoms with Crippen LogP contribution in [0.2, 0.25) is 0 Å². The van der Waals surface area contributed by atoms with Crippen molar-refractivity contribution in [1.82, 2.24) is 9.97 Å². The van der Waals surface area contributed by atoms with Crippen molar-refractivity contribution >= 4 is 17.4 Å². The van der Waals surface area contributed by atoms with E-state index >= 15 is 0 Å². The monoisotopic (exact) mass is 402 g/mol. The minimum absolute atomic E-state index is 0.0372. The highest BCUT2D eigenvalue weighted by Gasteiger charge is 2.28. The van der Waals surface area contributed by atoms with E-state index in [2.05, 4.69) is 20.2 Å². The average Bonchev–Trinajstić information content (AvgIpc) is 2.76. The summed E-state index contributed by atoms with van der Waals surface area (Å²) >= 11 is 0. The van der Waals surface area contributed by atoms with Gasteiger partial charge in [0.15, 0.2) is 5.82 Å². The fraction of sp³-hybridized carbons (Fsp3) is 0.292. The van der Waals surface area contributed by atoms with Gasteiger partial charge in [-0.3, -0.25) is 4.79 Å². The Balaban J connectivity index is 1.48. The van der Waals surface area contributed by atoms with E-state index in [9.17, 15) is 4.79 Å². The number of amides is 1. The number of ether oxygens (including phenoxy) is 1. The van der Waals surface area contributed by atoms with E-state index in [0.29, 0.717) is 24.0 Å². The molecule has 2 heterocycles. The first kappa shape index (κ1) is 19.9. The molecule has 154 valence electrons. The molecule has 1 atom stereocenters. The molecular formula is C24H26N4O2. The molecule has 1 unspecified atom stereocenters. The van der Waals surface area contributed by atoms with Crippen molar-refractivity contribution in [3.63, 3.8) is 0 Å². The molecule has 0 radical (unpaired) electrons. The smallest absolute Gasteiger partial charge is 0.263 e. The molecule has 1 saturated heterocycles. The van der Waals surface area contributed by atoms with Crippen molar-refractivity contribution in [1.29, 1.82) is 0 Å². The molecule has 3 aromatic rings. The molecule has 6 nitrogen and oxygen atoms in total. The van der Waals surface area contributed by atoms with Crippen LogP contribution in [0, 0.1) is 19.8 Å². The summed E-state index contributed by atoms with van der Waals surface area (Å²) in [6, 6.07) is 15.7. The minimum atomic E-state index is -0.117. The Morgan fingerprint density at radius 1 is 1.07 bits per heavy atom. The topological polar surface area (TPSA) is 67.4 Å². The maximum absolute atomic E-state index is 12.9. The van der Waals surface area contributed by atoms with Crippen LogP contribution >= 0.6 is 0 Å². The van der Waals surface area contributed by atoms with Gasteiger partial charge in [-0.2, -0.15) is 0 Å². The number of aromatic nitrogens is 2. The lowest BCUT2D eigenvalue weighted by Crippen LogP contribution is -2.41. The second-order valence-corrected chi connectivity index (χ2v) is 7.74. The second-order valence-electron chi connectivity index (χ2n) is 7.74. The highest BCUT2D eigenvalue weighted by atomic mass is 16.5. The largest absolute Gasteiger partial charge is 0.436 e. The zero-order valence-corrected chi connectivity index (χ0v) is 17.3. The van der Waals surface area contributed by atoms with Gasteiger partial charge in [-0.05, 0) is 56.5 Å². The second kappa shape index (κ2) is 8.95. The van der Waals surface area contributed by atoms with Crippen molar-refractivity contribution in [2.45, 2.75) is 26.7 Å². The van der Waals surface area contributed by atoms with E-state index < -0.39 is 0 Å². The highest BCUT2D eigenvalue weighted by Crippen LogP contribution is 2.31. The molecule has 4 rings (SSSR count). The molecular weight excluding hydrogens is 376 g/mol. The molecule has 0 aliphatic carbocycles. The Morgan fingerprint density at radius 2 is 1.87 bits per heavy atom. The number of aryl methyl sites for hydroxylation is 2. The standard InChI is InChI=1S/C24H26N4O2/c1-17-8-10-21(11-9-17)30-24-22(25-12-13-26-24)28-14-4-6-19(16-28)23(29)27-20-7-3-5-18(2)15-20/h3,5,7-13,15,19H,4,6,14,16H2,1-2H3,(H,27,29). The number of nitrogens with zero attached hydrogens (tertiary/aromatic N) is 3. The molecule has 1 N–H and O–H groups in total. The number of nitrogens with one attached hydrogen (secondary N) is 1. The van der Waals surface area contributed by atoms with Crippen LogP contribution in [-0.4, -0.2) is 29.0 Å². The van der Waals surface area contributed by atoms with Crippen LogP contribution < -0.4 is 15.0 Å². The van der Waals surface area contributed by atoms with E-state index in [-0.39, 0.29) is 11.8 Å². The molecule has 1 aromatic heterocycles. The minimum Gasteiger partial charge on any atom is -0.436 e. The molecule has 0 bridgehead atoms. The third-order valence-electron chi connectivity index (χ3n) is 5.26. The van der Waals surface area contributed by atoms with Crippen LogP contribution in [0.3, 0.4) is 0 Å². The first-order valence-electron chi connectivity index (χ1n) is 10.3. The van der Waals surface area contributed by atoms with Crippen LogP contribution in [0.25, 0.3) is 0 Å². The SMILES string of the molecule is Cc1ccc(Oc2nccnc2N2CCCC(C(=O)Nc3cccc(C)c3)C2)cc1. The van der Waals surface area contributed by atoms with Crippen molar-refractivity contribution < 1.29 is 9.53 Å². The molecule has 2 aromatic carbocycles. The maximum atomic E-state index is 12.9. The summed E-state index contributed by atoms with van der Waals surface area (Å²) in [6.07, 6.45) is 5.04. The van der Waals surface area contributed by atoms with Gasteiger partial charge >= 0.3 is 0 Å². The molecule has 1 fully saturated rings. The molecule has 1 aliphatic rings. The fourth-order valence-corrected chi connectivity index (χ4v) is 3.68. The van der Waals surface area contributed by atoms with Crippen LogP contribution in [0.4, 0.5) is 11.5 Å². The van der Waals surface area contributed by atoms with E-state index in [1.165, 1.54) is 5.56 Å². The van der Waals surface area contributed by atoms with Crippen molar-refractivity contribution in [3.8, 4) is 11.6 Å².